The molecule has 0 aliphatic carbocycles. The molecule has 0 amide bonds. The fourth-order valence-electron chi connectivity index (χ4n) is 1.41. The molecule has 82 valence electrons. The standard InChI is InChI=1S/C12H10BrNO2/c1-16-10-6-4-9(5-7-10)14-8-2-3-11(13)12(14)15/h2-8H,1H3. The van der Waals surface area contributed by atoms with E-state index in [2.05, 4.69) is 15.9 Å². The summed E-state index contributed by atoms with van der Waals surface area (Å²) in [6.45, 7) is 0. The largest absolute Gasteiger partial charge is 0.497 e. The van der Waals surface area contributed by atoms with Gasteiger partial charge in [-0.1, -0.05) is 0 Å². The number of aromatic nitrogens is 1. The summed E-state index contributed by atoms with van der Waals surface area (Å²) in [5, 5.41) is 0. The molecule has 0 atom stereocenters. The summed E-state index contributed by atoms with van der Waals surface area (Å²) < 4.78 is 7.18. The zero-order chi connectivity index (χ0) is 11.5. The van der Waals surface area contributed by atoms with Gasteiger partial charge in [0.2, 0.25) is 0 Å². The number of hydrogen-bond donors (Lipinski definition) is 0. The number of pyridine rings is 1. The van der Waals surface area contributed by atoms with Crippen LogP contribution in [0.1, 0.15) is 0 Å². The minimum atomic E-state index is -0.0762. The molecule has 0 saturated carbocycles. The van der Waals surface area contributed by atoms with Gasteiger partial charge in [0, 0.05) is 11.9 Å². The van der Waals surface area contributed by atoms with Gasteiger partial charge in [-0.2, -0.15) is 0 Å². The number of nitrogens with zero attached hydrogens (tertiary/aromatic N) is 1. The Kier molecular flexibility index (Phi) is 3.10. The summed E-state index contributed by atoms with van der Waals surface area (Å²) in [5.41, 5.74) is 0.736. The molecule has 1 aromatic heterocycles. The molecule has 0 fully saturated rings. The molecule has 0 aliphatic heterocycles. The first-order valence-electron chi connectivity index (χ1n) is 4.74. The molecule has 0 bridgehead atoms. The van der Waals surface area contributed by atoms with Gasteiger partial charge in [0.1, 0.15) is 5.75 Å². The minimum absolute atomic E-state index is 0.0762. The monoisotopic (exact) mass is 279 g/mol. The Morgan fingerprint density at radius 1 is 1.19 bits per heavy atom. The lowest BCUT2D eigenvalue weighted by Crippen LogP contribution is -2.17. The number of ether oxygens (including phenoxy) is 1. The Labute approximate surface area is 101 Å². The SMILES string of the molecule is COc1ccc(-n2cccc(Br)c2=O)cc1. The quantitative estimate of drug-likeness (QED) is 0.846. The molecule has 2 rings (SSSR count). The van der Waals surface area contributed by atoms with E-state index in [-0.39, 0.29) is 5.56 Å². The Balaban J connectivity index is 2.51. The van der Waals surface area contributed by atoms with Crippen molar-refractivity contribution in [3.63, 3.8) is 0 Å². The van der Waals surface area contributed by atoms with Crippen LogP contribution in [-0.4, -0.2) is 11.7 Å². The van der Waals surface area contributed by atoms with Crippen molar-refractivity contribution in [1.82, 2.24) is 4.57 Å². The smallest absolute Gasteiger partial charge is 0.269 e. The van der Waals surface area contributed by atoms with Gasteiger partial charge in [0.05, 0.1) is 11.6 Å². The Morgan fingerprint density at radius 2 is 1.88 bits per heavy atom. The third-order valence-corrected chi connectivity index (χ3v) is 2.85. The summed E-state index contributed by atoms with van der Waals surface area (Å²) in [7, 11) is 1.61. The third kappa shape index (κ3) is 2.02. The molecule has 0 spiro atoms. The van der Waals surface area contributed by atoms with E-state index in [0.29, 0.717) is 4.47 Å². The lowest BCUT2D eigenvalue weighted by atomic mass is 10.3. The number of hydrogen-bond acceptors (Lipinski definition) is 2. The van der Waals surface area contributed by atoms with E-state index >= 15 is 0 Å². The predicted octanol–water partition coefficient (Wildman–Crippen LogP) is 2.61. The molecule has 2 aromatic rings. The second-order valence-electron chi connectivity index (χ2n) is 3.23. The molecular formula is C12H10BrNO2. The van der Waals surface area contributed by atoms with Crippen LogP contribution in [0.3, 0.4) is 0 Å². The molecule has 1 heterocycles. The molecule has 3 nitrogen and oxygen atoms in total. The van der Waals surface area contributed by atoms with Gasteiger partial charge in [-0.3, -0.25) is 9.36 Å². The molecular weight excluding hydrogens is 270 g/mol. The van der Waals surface area contributed by atoms with Crippen LogP contribution in [0.15, 0.2) is 51.9 Å². The predicted molar refractivity (Wildman–Crippen MR) is 66.3 cm³/mol. The fourth-order valence-corrected chi connectivity index (χ4v) is 1.76. The van der Waals surface area contributed by atoms with Gasteiger partial charge in [0.15, 0.2) is 0 Å². The van der Waals surface area contributed by atoms with Gasteiger partial charge >= 0.3 is 0 Å². The molecule has 16 heavy (non-hydrogen) atoms. The van der Waals surface area contributed by atoms with Crippen molar-refractivity contribution in [2.45, 2.75) is 0 Å². The van der Waals surface area contributed by atoms with Gasteiger partial charge in [-0.05, 0) is 52.3 Å². The van der Waals surface area contributed by atoms with Crippen molar-refractivity contribution in [2.24, 2.45) is 0 Å². The van der Waals surface area contributed by atoms with Crippen molar-refractivity contribution >= 4 is 15.9 Å². The maximum Gasteiger partial charge on any atom is 0.269 e. The molecule has 0 unspecified atom stereocenters. The summed E-state index contributed by atoms with van der Waals surface area (Å²) in [6, 6.07) is 10.9. The van der Waals surface area contributed by atoms with Crippen molar-refractivity contribution in [3.8, 4) is 11.4 Å². The molecule has 0 radical (unpaired) electrons. The highest BCUT2D eigenvalue weighted by molar-refractivity contribution is 9.10. The van der Waals surface area contributed by atoms with Crippen LogP contribution in [0.2, 0.25) is 0 Å². The lowest BCUT2D eigenvalue weighted by molar-refractivity contribution is 0.414. The van der Waals surface area contributed by atoms with Crippen molar-refractivity contribution in [1.29, 1.82) is 0 Å². The van der Waals surface area contributed by atoms with Crippen LogP contribution in [0.25, 0.3) is 5.69 Å². The highest BCUT2D eigenvalue weighted by Crippen LogP contribution is 2.14. The summed E-state index contributed by atoms with van der Waals surface area (Å²) >= 11 is 3.21. The number of halogens is 1. The second kappa shape index (κ2) is 4.53. The Hall–Kier alpha value is -1.55. The normalized spacial score (nSPS) is 10.1. The Morgan fingerprint density at radius 3 is 2.50 bits per heavy atom. The summed E-state index contributed by atoms with van der Waals surface area (Å²) in [6.07, 6.45) is 1.73. The van der Waals surface area contributed by atoms with E-state index in [9.17, 15) is 4.79 Å². The zero-order valence-corrected chi connectivity index (χ0v) is 10.3. The van der Waals surface area contributed by atoms with Crippen molar-refractivity contribution in [2.75, 3.05) is 7.11 Å². The highest BCUT2D eigenvalue weighted by Gasteiger charge is 2.02. The van der Waals surface area contributed by atoms with Gasteiger partial charge < -0.3 is 4.74 Å². The van der Waals surface area contributed by atoms with Crippen molar-refractivity contribution < 1.29 is 4.74 Å². The molecule has 1 aromatic carbocycles. The summed E-state index contributed by atoms with van der Waals surface area (Å²) in [5.74, 6) is 0.770. The van der Waals surface area contributed by atoms with Crippen molar-refractivity contribution in [3.05, 3.63) is 57.4 Å². The van der Waals surface area contributed by atoms with Crippen LogP contribution in [0.4, 0.5) is 0 Å². The lowest BCUT2D eigenvalue weighted by Gasteiger charge is -2.06. The average Bonchev–Trinajstić information content (AvgIpc) is 2.33. The number of benzene rings is 1. The van der Waals surface area contributed by atoms with E-state index < -0.39 is 0 Å². The van der Waals surface area contributed by atoms with Crippen LogP contribution in [0.5, 0.6) is 5.75 Å². The van der Waals surface area contributed by atoms with E-state index in [1.165, 1.54) is 0 Å². The first kappa shape index (κ1) is 11.0. The maximum absolute atomic E-state index is 11.8. The zero-order valence-electron chi connectivity index (χ0n) is 8.68. The van der Waals surface area contributed by atoms with Crippen LogP contribution in [-0.2, 0) is 0 Å². The van der Waals surface area contributed by atoms with Gasteiger partial charge in [-0.25, -0.2) is 0 Å². The average molecular weight is 280 g/mol. The van der Waals surface area contributed by atoms with Crippen LogP contribution < -0.4 is 10.3 Å². The third-order valence-electron chi connectivity index (χ3n) is 2.25. The molecule has 4 heteroatoms. The minimum Gasteiger partial charge on any atom is -0.497 e. The maximum atomic E-state index is 11.8. The molecule has 0 N–H and O–H groups in total. The second-order valence-corrected chi connectivity index (χ2v) is 4.08. The first-order chi connectivity index (χ1) is 7.72. The van der Waals surface area contributed by atoms with E-state index in [1.54, 1.807) is 23.9 Å². The highest BCUT2D eigenvalue weighted by atomic mass is 79.9. The first-order valence-corrected chi connectivity index (χ1v) is 5.53. The fraction of sp³-hybridized carbons (Fsp3) is 0.0833. The van der Waals surface area contributed by atoms with E-state index in [4.69, 9.17) is 4.74 Å². The van der Waals surface area contributed by atoms with Crippen LogP contribution in [0, 0.1) is 0 Å². The molecule has 0 aliphatic rings. The summed E-state index contributed by atoms with van der Waals surface area (Å²) in [4.78, 5) is 11.8. The van der Waals surface area contributed by atoms with Gasteiger partial charge in [0.25, 0.3) is 5.56 Å². The number of methoxy groups -OCH3 is 1. The van der Waals surface area contributed by atoms with E-state index in [1.807, 2.05) is 30.3 Å². The molecule has 0 saturated heterocycles. The Bertz CT molecular complexity index is 546. The van der Waals surface area contributed by atoms with Crippen LogP contribution >= 0.6 is 15.9 Å². The number of rotatable bonds is 2. The van der Waals surface area contributed by atoms with Gasteiger partial charge in [-0.15, -0.1) is 0 Å². The topological polar surface area (TPSA) is 31.2 Å². The van der Waals surface area contributed by atoms with E-state index in [0.717, 1.165) is 11.4 Å².